The summed E-state index contributed by atoms with van der Waals surface area (Å²) in [6, 6.07) is 7.04. The van der Waals surface area contributed by atoms with E-state index in [9.17, 15) is 4.79 Å². The van der Waals surface area contributed by atoms with Gasteiger partial charge in [0, 0.05) is 5.33 Å². The Morgan fingerprint density at radius 1 is 1.60 bits per heavy atom. The average Bonchev–Trinajstić information content (AvgIpc) is 2.29. The van der Waals surface area contributed by atoms with Gasteiger partial charge in [-0.05, 0) is 24.1 Å². The minimum Gasteiger partial charge on any atom is -0.465 e. The van der Waals surface area contributed by atoms with E-state index in [1.165, 1.54) is 7.11 Å². The van der Waals surface area contributed by atoms with Crippen molar-refractivity contribution in [2.45, 2.75) is 6.42 Å². The number of carbonyl (C=O) groups is 1. The van der Waals surface area contributed by atoms with Crippen molar-refractivity contribution in [1.29, 1.82) is 5.26 Å². The molecule has 1 aromatic carbocycles. The average molecular weight is 268 g/mol. The summed E-state index contributed by atoms with van der Waals surface area (Å²) in [7, 11) is 1.33. The van der Waals surface area contributed by atoms with Crippen LogP contribution in [0.5, 0.6) is 0 Å². The Balaban J connectivity index is 3.17. The molecule has 0 aliphatic carbocycles. The topological polar surface area (TPSA) is 50.1 Å². The fourth-order valence-electron chi connectivity index (χ4n) is 1.27. The van der Waals surface area contributed by atoms with Crippen molar-refractivity contribution in [1.82, 2.24) is 0 Å². The van der Waals surface area contributed by atoms with E-state index in [0.29, 0.717) is 11.1 Å². The van der Waals surface area contributed by atoms with Crippen molar-refractivity contribution < 1.29 is 9.53 Å². The Kier molecular flexibility index (Phi) is 4.32. The maximum Gasteiger partial charge on any atom is 0.338 e. The molecule has 0 amide bonds. The molecule has 0 spiro atoms. The van der Waals surface area contributed by atoms with Crippen LogP contribution < -0.4 is 0 Å². The van der Waals surface area contributed by atoms with E-state index in [4.69, 9.17) is 5.26 Å². The Bertz CT molecular complexity index is 410. The molecule has 4 heteroatoms. The van der Waals surface area contributed by atoms with Gasteiger partial charge in [0.05, 0.1) is 24.3 Å². The fourth-order valence-corrected chi connectivity index (χ4v) is 1.69. The molecular formula is C11H10BrNO2. The van der Waals surface area contributed by atoms with Gasteiger partial charge in [-0.1, -0.05) is 22.0 Å². The first kappa shape index (κ1) is 11.7. The minimum atomic E-state index is -0.400. The summed E-state index contributed by atoms with van der Waals surface area (Å²) in [6.45, 7) is 0. The lowest BCUT2D eigenvalue weighted by atomic mass is 10.0. The molecule has 0 atom stereocenters. The van der Waals surface area contributed by atoms with Crippen LogP contribution >= 0.6 is 15.9 Å². The van der Waals surface area contributed by atoms with Crippen molar-refractivity contribution in [2.24, 2.45) is 0 Å². The first-order chi connectivity index (χ1) is 7.22. The second-order valence-corrected chi connectivity index (χ2v) is 3.71. The van der Waals surface area contributed by atoms with Gasteiger partial charge in [0.25, 0.3) is 0 Å². The summed E-state index contributed by atoms with van der Waals surface area (Å²) in [5, 5.41) is 9.49. The number of aryl methyl sites for hydroxylation is 1. The molecule has 15 heavy (non-hydrogen) atoms. The number of alkyl halides is 1. The quantitative estimate of drug-likeness (QED) is 0.624. The van der Waals surface area contributed by atoms with Gasteiger partial charge in [-0.2, -0.15) is 5.26 Å². The van der Waals surface area contributed by atoms with E-state index in [0.717, 1.165) is 17.3 Å². The molecule has 0 N–H and O–H groups in total. The maximum atomic E-state index is 11.4. The Labute approximate surface area is 96.8 Å². The van der Waals surface area contributed by atoms with Crippen LogP contribution in [0.1, 0.15) is 21.5 Å². The zero-order valence-corrected chi connectivity index (χ0v) is 9.87. The molecule has 0 heterocycles. The molecule has 78 valence electrons. The van der Waals surface area contributed by atoms with E-state index in [1.54, 1.807) is 18.2 Å². The number of benzene rings is 1. The number of hydrogen-bond donors (Lipinski definition) is 0. The molecular weight excluding hydrogens is 258 g/mol. The molecule has 0 aliphatic rings. The summed E-state index contributed by atoms with van der Waals surface area (Å²) in [5.74, 6) is -0.400. The molecule has 1 aromatic rings. The number of halogens is 1. The van der Waals surface area contributed by atoms with Crippen LogP contribution in [-0.2, 0) is 11.2 Å². The Morgan fingerprint density at radius 3 is 2.87 bits per heavy atom. The van der Waals surface area contributed by atoms with Crippen molar-refractivity contribution in [3.05, 3.63) is 34.9 Å². The van der Waals surface area contributed by atoms with Gasteiger partial charge in [0.2, 0.25) is 0 Å². The van der Waals surface area contributed by atoms with Gasteiger partial charge in [0.15, 0.2) is 0 Å². The van der Waals surface area contributed by atoms with Crippen LogP contribution in [0.25, 0.3) is 0 Å². The van der Waals surface area contributed by atoms with Gasteiger partial charge < -0.3 is 4.74 Å². The number of methoxy groups -OCH3 is 1. The van der Waals surface area contributed by atoms with Crippen LogP contribution in [0, 0.1) is 11.3 Å². The van der Waals surface area contributed by atoms with Crippen LogP contribution in [0.3, 0.4) is 0 Å². The third-order valence-corrected chi connectivity index (χ3v) is 2.40. The van der Waals surface area contributed by atoms with Crippen LogP contribution in [0.4, 0.5) is 0 Å². The van der Waals surface area contributed by atoms with Crippen molar-refractivity contribution in [2.75, 3.05) is 12.4 Å². The normalized spacial score (nSPS) is 9.40. The molecule has 0 aliphatic heterocycles. The highest BCUT2D eigenvalue weighted by Gasteiger charge is 2.11. The van der Waals surface area contributed by atoms with Gasteiger partial charge in [-0.3, -0.25) is 0 Å². The molecule has 0 aromatic heterocycles. The summed E-state index contributed by atoms with van der Waals surface area (Å²) in [6.07, 6.45) is 0.732. The lowest BCUT2D eigenvalue weighted by Gasteiger charge is -2.06. The smallest absolute Gasteiger partial charge is 0.338 e. The standard InChI is InChI=1S/C11H10BrNO2/c1-15-11(14)10-6-8(7-13)2-3-9(10)4-5-12/h2-3,6H,4-5H2,1H3. The maximum absolute atomic E-state index is 11.4. The van der Waals surface area contributed by atoms with Crippen LogP contribution in [0.15, 0.2) is 18.2 Å². The second kappa shape index (κ2) is 5.52. The van der Waals surface area contributed by atoms with Crippen molar-refractivity contribution >= 4 is 21.9 Å². The van der Waals surface area contributed by atoms with Crippen molar-refractivity contribution in [3.63, 3.8) is 0 Å². The SMILES string of the molecule is COC(=O)c1cc(C#N)ccc1CCBr. The number of rotatable bonds is 3. The molecule has 0 bridgehead atoms. The highest BCUT2D eigenvalue weighted by molar-refractivity contribution is 9.09. The highest BCUT2D eigenvalue weighted by Crippen LogP contribution is 2.14. The summed E-state index contributed by atoms with van der Waals surface area (Å²) in [5.41, 5.74) is 1.82. The summed E-state index contributed by atoms with van der Waals surface area (Å²) < 4.78 is 4.66. The first-order valence-corrected chi connectivity index (χ1v) is 5.52. The zero-order chi connectivity index (χ0) is 11.3. The number of nitriles is 1. The predicted molar refractivity (Wildman–Crippen MR) is 60.0 cm³/mol. The van der Waals surface area contributed by atoms with E-state index in [-0.39, 0.29) is 0 Å². The summed E-state index contributed by atoms with van der Waals surface area (Å²) >= 11 is 3.31. The van der Waals surface area contributed by atoms with E-state index < -0.39 is 5.97 Å². The zero-order valence-electron chi connectivity index (χ0n) is 8.29. The third kappa shape index (κ3) is 2.80. The molecule has 0 saturated carbocycles. The molecule has 0 radical (unpaired) electrons. The Morgan fingerprint density at radius 2 is 2.33 bits per heavy atom. The lowest BCUT2D eigenvalue weighted by Crippen LogP contribution is -2.06. The molecule has 3 nitrogen and oxygen atoms in total. The number of esters is 1. The number of nitrogens with zero attached hydrogens (tertiary/aromatic N) is 1. The monoisotopic (exact) mass is 267 g/mol. The largest absolute Gasteiger partial charge is 0.465 e. The van der Waals surface area contributed by atoms with E-state index in [1.807, 2.05) is 6.07 Å². The fraction of sp³-hybridized carbons (Fsp3) is 0.273. The molecule has 0 unspecified atom stereocenters. The minimum absolute atomic E-state index is 0.400. The third-order valence-electron chi connectivity index (χ3n) is 2.01. The lowest BCUT2D eigenvalue weighted by molar-refractivity contribution is 0.0599. The molecule has 0 fully saturated rings. The van der Waals surface area contributed by atoms with Crippen molar-refractivity contribution in [3.8, 4) is 6.07 Å². The van der Waals surface area contributed by atoms with Crippen LogP contribution in [-0.4, -0.2) is 18.4 Å². The van der Waals surface area contributed by atoms with Gasteiger partial charge >= 0.3 is 5.97 Å². The van der Waals surface area contributed by atoms with E-state index >= 15 is 0 Å². The number of ether oxygens (including phenoxy) is 1. The summed E-state index contributed by atoms with van der Waals surface area (Å²) in [4.78, 5) is 11.4. The molecule has 0 saturated heterocycles. The highest BCUT2D eigenvalue weighted by atomic mass is 79.9. The number of carbonyl (C=O) groups excluding carboxylic acids is 1. The van der Waals surface area contributed by atoms with E-state index in [2.05, 4.69) is 20.7 Å². The van der Waals surface area contributed by atoms with Crippen LogP contribution in [0.2, 0.25) is 0 Å². The molecule has 1 rings (SSSR count). The Hall–Kier alpha value is -1.34. The van der Waals surface area contributed by atoms with Gasteiger partial charge in [0.1, 0.15) is 0 Å². The second-order valence-electron chi connectivity index (χ2n) is 2.91. The predicted octanol–water partition coefficient (Wildman–Crippen LogP) is 2.28. The first-order valence-electron chi connectivity index (χ1n) is 4.40. The number of hydrogen-bond acceptors (Lipinski definition) is 3. The van der Waals surface area contributed by atoms with Gasteiger partial charge in [-0.25, -0.2) is 4.79 Å². The van der Waals surface area contributed by atoms with Gasteiger partial charge in [-0.15, -0.1) is 0 Å².